The molecule has 6 nitrogen and oxygen atoms in total. The third-order valence-corrected chi connectivity index (χ3v) is 4.25. The van der Waals surface area contributed by atoms with Gasteiger partial charge in [0.05, 0.1) is 5.57 Å². The maximum absolute atomic E-state index is 11.9. The first kappa shape index (κ1) is 17.9. The van der Waals surface area contributed by atoms with Crippen molar-refractivity contribution in [3.8, 4) is 0 Å². The van der Waals surface area contributed by atoms with Gasteiger partial charge in [-0.15, -0.1) is 0 Å². The summed E-state index contributed by atoms with van der Waals surface area (Å²) in [6.07, 6.45) is 0.540. The number of methoxy groups -OCH3 is 2. The lowest BCUT2D eigenvalue weighted by molar-refractivity contribution is -0.169. The van der Waals surface area contributed by atoms with Crippen LogP contribution in [0.3, 0.4) is 0 Å². The van der Waals surface area contributed by atoms with Gasteiger partial charge in [0.2, 0.25) is 5.60 Å². The zero-order chi connectivity index (χ0) is 17.9. The Kier molecular flexibility index (Phi) is 5.21. The van der Waals surface area contributed by atoms with Gasteiger partial charge in [-0.2, -0.15) is 0 Å². The SMILES string of the molecule is COC1C(C(=O)O)=C(Cc2ccccc2)C(C)=CC1(OC)C(=O)O. The van der Waals surface area contributed by atoms with Crippen molar-refractivity contribution in [2.45, 2.75) is 25.0 Å². The molecule has 0 fully saturated rings. The van der Waals surface area contributed by atoms with E-state index in [2.05, 4.69) is 0 Å². The monoisotopic (exact) mass is 332 g/mol. The summed E-state index contributed by atoms with van der Waals surface area (Å²) in [6, 6.07) is 9.37. The fourth-order valence-corrected chi connectivity index (χ4v) is 3.07. The van der Waals surface area contributed by atoms with E-state index in [0.29, 0.717) is 17.6 Å². The van der Waals surface area contributed by atoms with Gasteiger partial charge in [0.1, 0.15) is 6.10 Å². The van der Waals surface area contributed by atoms with Crippen molar-refractivity contribution in [3.63, 3.8) is 0 Å². The minimum Gasteiger partial charge on any atom is -0.479 e. The first-order chi connectivity index (χ1) is 11.4. The van der Waals surface area contributed by atoms with Crippen LogP contribution in [0.15, 0.2) is 53.1 Å². The van der Waals surface area contributed by atoms with Crippen LogP contribution in [-0.4, -0.2) is 48.1 Å². The van der Waals surface area contributed by atoms with Crippen LogP contribution in [0.2, 0.25) is 0 Å². The highest BCUT2D eigenvalue weighted by Gasteiger charge is 2.52. The molecule has 1 aliphatic rings. The molecule has 0 bridgehead atoms. The molecule has 0 aromatic heterocycles. The van der Waals surface area contributed by atoms with E-state index < -0.39 is 23.6 Å². The predicted octanol–water partition coefficient (Wildman–Crippen LogP) is 2.06. The summed E-state index contributed by atoms with van der Waals surface area (Å²) in [5, 5.41) is 19.3. The van der Waals surface area contributed by atoms with E-state index in [-0.39, 0.29) is 5.57 Å². The van der Waals surface area contributed by atoms with Gasteiger partial charge in [0.15, 0.2) is 0 Å². The normalized spacial score (nSPS) is 23.8. The molecular formula is C18H20O6. The molecule has 0 aliphatic heterocycles. The maximum atomic E-state index is 11.9. The van der Waals surface area contributed by atoms with Crippen LogP contribution in [-0.2, 0) is 25.5 Å². The van der Waals surface area contributed by atoms with Crippen molar-refractivity contribution < 1.29 is 29.3 Å². The molecule has 0 heterocycles. The van der Waals surface area contributed by atoms with Gasteiger partial charge in [-0.1, -0.05) is 30.3 Å². The van der Waals surface area contributed by atoms with E-state index in [0.717, 1.165) is 5.56 Å². The fourth-order valence-electron chi connectivity index (χ4n) is 3.07. The number of rotatable bonds is 6. The Labute approximate surface area is 140 Å². The number of carboxylic acids is 2. The van der Waals surface area contributed by atoms with Crippen molar-refractivity contribution in [3.05, 3.63) is 58.7 Å². The smallest absolute Gasteiger partial charge is 0.343 e. The number of carbonyl (C=O) groups is 2. The second-order valence-corrected chi connectivity index (χ2v) is 5.61. The van der Waals surface area contributed by atoms with Crippen LogP contribution in [0.5, 0.6) is 0 Å². The summed E-state index contributed by atoms with van der Waals surface area (Å²) >= 11 is 0. The van der Waals surface area contributed by atoms with Crippen LogP contribution < -0.4 is 0 Å². The van der Waals surface area contributed by atoms with Gasteiger partial charge in [-0.05, 0) is 36.1 Å². The molecule has 0 amide bonds. The van der Waals surface area contributed by atoms with Crippen LogP contribution in [0.1, 0.15) is 12.5 Å². The van der Waals surface area contributed by atoms with Crippen molar-refractivity contribution in [2.24, 2.45) is 0 Å². The van der Waals surface area contributed by atoms with Gasteiger partial charge in [0, 0.05) is 14.2 Å². The van der Waals surface area contributed by atoms with Crippen LogP contribution in [0.4, 0.5) is 0 Å². The van der Waals surface area contributed by atoms with Gasteiger partial charge in [-0.3, -0.25) is 0 Å². The Balaban J connectivity index is 2.62. The number of hydrogen-bond acceptors (Lipinski definition) is 4. The van der Waals surface area contributed by atoms with Crippen LogP contribution in [0, 0.1) is 0 Å². The summed E-state index contributed by atoms with van der Waals surface area (Å²) in [6.45, 7) is 1.68. The number of ether oxygens (including phenoxy) is 2. The molecular weight excluding hydrogens is 312 g/mol. The summed E-state index contributed by atoms with van der Waals surface area (Å²) < 4.78 is 10.5. The standard InChI is InChI=1S/C18H20O6/c1-11-10-18(24-3,17(21)22)15(23-2)14(16(19)20)13(11)9-12-7-5-4-6-8-12/h4-8,10,15H,9H2,1-3H3,(H,19,20)(H,21,22). The Morgan fingerprint density at radius 3 is 2.25 bits per heavy atom. The van der Waals surface area contributed by atoms with Crippen LogP contribution in [0.25, 0.3) is 0 Å². The van der Waals surface area contributed by atoms with E-state index in [4.69, 9.17) is 9.47 Å². The second kappa shape index (κ2) is 6.98. The lowest BCUT2D eigenvalue weighted by Gasteiger charge is -2.37. The first-order valence-electron chi connectivity index (χ1n) is 7.38. The van der Waals surface area contributed by atoms with E-state index in [1.165, 1.54) is 20.3 Å². The summed E-state index contributed by atoms with van der Waals surface area (Å²) in [5.74, 6) is -2.52. The predicted molar refractivity (Wildman–Crippen MR) is 86.7 cm³/mol. The molecule has 0 saturated carbocycles. The van der Waals surface area contributed by atoms with Gasteiger partial charge in [-0.25, -0.2) is 9.59 Å². The molecule has 1 aliphatic carbocycles. The van der Waals surface area contributed by atoms with E-state index in [9.17, 15) is 19.8 Å². The molecule has 1 aromatic rings. The van der Waals surface area contributed by atoms with Crippen LogP contribution >= 0.6 is 0 Å². The quantitative estimate of drug-likeness (QED) is 0.828. The highest BCUT2D eigenvalue weighted by atomic mass is 16.6. The molecule has 24 heavy (non-hydrogen) atoms. The van der Waals surface area contributed by atoms with Crippen molar-refractivity contribution in [2.75, 3.05) is 14.2 Å². The van der Waals surface area contributed by atoms with Crippen molar-refractivity contribution in [1.82, 2.24) is 0 Å². The highest BCUT2D eigenvalue weighted by Crippen LogP contribution is 2.37. The highest BCUT2D eigenvalue weighted by molar-refractivity contribution is 5.95. The number of aliphatic carboxylic acids is 2. The van der Waals surface area contributed by atoms with Crippen molar-refractivity contribution >= 4 is 11.9 Å². The summed E-state index contributed by atoms with van der Waals surface area (Å²) in [4.78, 5) is 23.7. The molecule has 128 valence electrons. The third-order valence-electron chi connectivity index (χ3n) is 4.25. The Morgan fingerprint density at radius 1 is 1.17 bits per heavy atom. The zero-order valence-electron chi connectivity index (χ0n) is 13.8. The largest absolute Gasteiger partial charge is 0.479 e. The average molecular weight is 332 g/mol. The molecule has 2 N–H and O–H groups in total. The Morgan fingerprint density at radius 2 is 1.79 bits per heavy atom. The summed E-state index contributed by atoms with van der Waals surface area (Å²) in [5.41, 5.74) is 0.0511. The minimum atomic E-state index is -1.87. The number of allylic oxidation sites excluding steroid dienone is 2. The zero-order valence-corrected chi connectivity index (χ0v) is 13.8. The van der Waals surface area contributed by atoms with Gasteiger partial charge < -0.3 is 19.7 Å². The first-order valence-corrected chi connectivity index (χ1v) is 7.38. The second-order valence-electron chi connectivity index (χ2n) is 5.61. The molecule has 2 rings (SSSR count). The topological polar surface area (TPSA) is 93.1 Å². The minimum absolute atomic E-state index is 0.0920. The lowest BCUT2D eigenvalue weighted by Crippen LogP contribution is -2.54. The van der Waals surface area contributed by atoms with Gasteiger partial charge in [0.25, 0.3) is 0 Å². The third kappa shape index (κ3) is 2.98. The Bertz CT molecular complexity index is 703. The number of carboxylic acid groups (broad SMARTS) is 2. The molecule has 0 radical (unpaired) electrons. The molecule has 1 aromatic carbocycles. The maximum Gasteiger partial charge on any atom is 0.343 e. The molecule has 0 spiro atoms. The van der Waals surface area contributed by atoms with Gasteiger partial charge >= 0.3 is 11.9 Å². The Hall–Kier alpha value is -2.44. The van der Waals surface area contributed by atoms with E-state index in [1.807, 2.05) is 30.3 Å². The van der Waals surface area contributed by atoms with Crippen molar-refractivity contribution in [1.29, 1.82) is 0 Å². The van der Waals surface area contributed by atoms with E-state index >= 15 is 0 Å². The molecule has 0 saturated heterocycles. The van der Waals surface area contributed by atoms with E-state index in [1.54, 1.807) is 6.92 Å². The molecule has 2 unspecified atom stereocenters. The molecule has 2 atom stereocenters. The lowest BCUT2D eigenvalue weighted by atomic mass is 9.77. The number of hydrogen-bond donors (Lipinski definition) is 2. The average Bonchev–Trinajstić information content (AvgIpc) is 2.56. The fraction of sp³-hybridized carbons (Fsp3) is 0.333. The molecule has 6 heteroatoms. The number of benzene rings is 1. The summed E-state index contributed by atoms with van der Waals surface area (Å²) in [7, 11) is 2.50.